The minimum atomic E-state index is -3.09. The third-order valence-corrected chi connectivity index (χ3v) is 14.0. The molecule has 0 aliphatic carbocycles. The van der Waals surface area contributed by atoms with Gasteiger partial charge in [-0.25, -0.2) is 16.8 Å². The first kappa shape index (κ1) is 15.6. The van der Waals surface area contributed by atoms with Crippen LogP contribution < -0.4 is 0 Å². The molecular weight excluding hydrogens is 406 g/mol. The minimum absolute atomic E-state index is 0.0152. The first-order valence-electron chi connectivity index (χ1n) is 6.12. The van der Waals surface area contributed by atoms with Crippen LogP contribution in [-0.2, 0) is 19.7 Å². The van der Waals surface area contributed by atoms with E-state index in [-0.39, 0.29) is 28.6 Å². The molecule has 5 nitrogen and oxygen atoms in total. The van der Waals surface area contributed by atoms with Crippen LogP contribution in [0.5, 0.6) is 0 Å². The summed E-state index contributed by atoms with van der Waals surface area (Å²) >= 11 is 6.26. The zero-order valence-electron chi connectivity index (χ0n) is 10.7. The monoisotopic (exact) mass is 419 g/mol. The number of nitrogens with zero attached hydrogens (tertiary/aromatic N) is 1. The maximum Gasteiger partial charge on any atom is 0.165 e. The fraction of sp³-hybridized carbons (Fsp3) is 0.900. The average Bonchev–Trinajstić information content (AvgIpc) is 2.84. The Morgan fingerprint density at radius 1 is 1.30 bits per heavy atom. The highest BCUT2D eigenvalue weighted by molar-refractivity contribution is 9.11. The van der Waals surface area contributed by atoms with Gasteiger partial charge >= 0.3 is 0 Å². The number of sulfone groups is 2. The lowest BCUT2D eigenvalue weighted by atomic mass is 10.1. The molecule has 0 aromatic rings. The molecule has 3 rings (SSSR count). The Labute approximate surface area is 135 Å². The number of fused-ring (bicyclic) bond motifs is 1. The zero-order valence-corrected chi connectivity index (χ0v) is 15.5. The summed E-state index contributed by atoms with van der Waals surface area (Å²) in [7, 11) is -6.02. The van der Waals surface area contributed by atoms with Gasteiger partial charge in [-0.3, -0.25) is 4.99 Å². The second kappa shape index (κ2) is 4.87. The third-order valence-electron chi connectivity index (χ3n) is 3.84. The normalized spacial score (nSPS) is 47.7. The summed E-state index contributed by atoms with van der Waals surface area (Å²) in [5, 5.41) is -0.0152. The molecule has 0 aromatic heterocycles. The molecule has 114 valence electrons. The van der Waals surface area contributed by atoms with Gasteiger partial charge in [-0.05, 0) is 13.3 Å². The van der Waals surface area contributed by atoms with Crippen LogP contribution in [0.25, 0.3) is 0 Å². The summed E-state index contributed by atoms with van der Waals surface area (Å²) in [6.45, 7) is 1.94. The van der Waals surface area contributed by atoms with Crippen LogP contribution in [0.3, 0.4) is 0 Å². The van der Waals surface area contributed by atoms with Crippen LogP contribution in [0.15, 0.2) is 4.99 Å². The summed E-state index contributed by atoms with van der Waals surface area (Å²) < 4.78 is 46.6. The van der Waals surface area contributed by atoms with E-state index in [0.717, 1.165) is 4.38 Å². The summed E-state index contributed by atoms with van der Waals surface area (Å²) in [4.78, 5) is 4.53. The largest absolute Gasteiger partial charge is 0.267 e. The summed E-state index contributed by atoms with van der Waals surface area (Å²) in [6, 6.07) is -0.164. The van der Waals surface area contributed by atoms with Gasteiger partial charge in [0.1, 0.15) is 8.53 Å². The number of hydrogen-bond acceptors (Lipinski definition) is 7. The van der Waals surface area contributed by atoms with Crippen molar-refractivity contribution < 1.29 is 16.8 Å². The van der Waals surface area contributed by atoms with Crippen molar-refractivity contribution in [3.05, 3.63) is 0 Å². The maximum absolute atomic E-state index is 11.9. The molecule has 3 aliphatic rings. The molecule has 0 bridgehead atoms. The molecular formula is C10H14BrNO4S4. The lowest BCUT2D eigenvalue weighted by Crippen LogP contribution is -2.33. The molecule has 0 spiro atoms. The molecule has 0 unspecified atom stereocenters. The van der Waals surface area contributed by atoms with E-state index in [1.807, 2.05) is 6.92 Å². The van der Waals surface area contributed by atoms with E-state index >= 15 is 0 Å². The van der Waals surface area contributed by atoms with Crippen molar-refractivity contribution in [2.75, 3.05) is 17.3 Å². The van der Waals surface area contributed by atoms with Gasteiger partial charge in [0.05, 0.1) is 28.0 Å². The molecule has 3 aliphatic heterocycles. The van der Waals surface area contributed by atoms with Crippen molar-refractivity contribution in [1.29, 1.82) is 0 Å². The van der Waals surface area contributed by atoms with Gasteiger partial charge in [-0.1, -0.05) is 39.5 Å². The van der Waals surface area contributed by atoms with Gasteiger partial charge in [0.25, 0.3) is 0 Å². The van der Waals surface area contributed by atoms with E-state index in [1.165, 1.54) is 23.5 Å². The number of hydrogen-bond donors (Lipinski definition) is 0. The lowest BCUT2D eigenvalue weighted by molar-refractivity contribution is 0.598. The number of rotatable bonds is 1. The van der Waals surface area contributed by atoms with Gasteiger partial charge in [0.15, 0.2) is 19.7 Å². The molecule has 0 aromatic carbocycles. The summed E-state index contributed by atoms with van der Waals surface area (Å²) in [5.74, 6) is 0.480. The predicted octanol–water partition coefficient (Wildman–Crippen LogP) is 1.29. The Morgan fingerprint density at radius 2 is 2.00 bits per heavy atom. The Bertz CT molecular complexity index is 673. The summed E-state index contributed by atoms with van der Waals surface area (Å²) in [5.41, 5.74) is 0. The number of thioether (sulfide) groups is 2. The molecule has 0 amide bonds. The molecule has 0 radical (unpaired) electrons. The maximum atomic E-state index is 11.9. The summed E-state index contributed by atoms with van der Waals surface area (Å²) in [6.07, 6.45) is 0.574. The highest BCUT2D eigenvalue weighted by Gasteiger charge is 2.60. The van der Waals surface area contributed by atoms with Crippen LogP contribution in [0.4, 0.5) is 0 Å². The van der Waals surface area contributed by atoms with E-state index in [1.54, 1.807) is 0 Å². The first-order valence-corrected chi connectivity index (χ1v) is 12.3. The van der Waals surface area contributed by atoms with Crippen molar-refractivity contribution in [2.24, 2.45) is 4.99 Å². The van der Waals surface area contributed by atoms with Crippen LogP contribution in [0, 0.1) is 0 Å². The predicted molar refractivity (Wildman–Crippen MR) is 88.4 cm³/mol. The first-order chi connectivity index (χ1) is 9.12. The molecule has 3 fully saturated rings. The van der Waals surface area contributed by atoms with Gasteiger partial charge in [0.2, 0.25) is 0 Å². The number of aliphatic imine (C=N–C) groups is 1. The van der Waals surface area contributed by atoms with Crippen molar-refractivity contribution in [3.63, 3.8) is 0 Å². The highest BCUT2D eigenvalue weighted by atomic mass is 79.9. The van der Waals surface area contributed by atoms with Crippen molar-refractivity contribution >= 4 is 63.5 Å². The quantitative estimate of drug-likeness (QED) is 0.595. The molecule has 20 heavy (non-hydrogen) atoms. The topological polar surface area (TPSA) is 80.6 Å². The fourth-order valence-electron chi connectivity index (χ4n) is 2.64. The van der Waals surface area contributed by atoms with E-state index in [2.05, 4.69) is 20.9 Å². The molecule has 0 N–H and O–H groups in total. The van der Waals surface area contributed by atoms with Gasteiger partial charge in [-0.15, -0.1) is 0 Å². The number of alkyl halides is 1. The fourth-order valence-corrected chi connectivity index (χ4v) is 12.0. The van der Waals surface area contributed by atoms with E-state index in [0.29, 0.717) is 6.42 Å². The second-order valence-corrected chi connectivity index (χ2v) is 14.3. The smallest absolute Gasteiger partial charge is 0.165 e. The Balaban J connectivity index is 1.79. The Hall–Kier alpha value is 0.750. The van der Waals surface area contributed by atoms with Gasteiger partial charge < -0.3 is 0 Å². The standard InChI is InChI=1S/C10H14BrNO4S4/c1-10-7(5-20(15,16)8(10)11)17-9(18-10)12-6-2-3-19(13,14)4-6/h6-8H,2-5H2,1H3/t6-,7+,8+,10-/m1/s1. The number of halogens is 1. The zero-order chi connectivity index (χ0) is 14.8. The van der Waals surface area contributed by atoms with Crippen LogP contribution >= 0.6 is 39.5 Å². The van der Waals surface area contributed by atoms with Crippen LogP contribution in [0.1, 0.15) is 13.3 Å². The molecule has 3 heterocycles. The van der Waals surface area contributed by atoms with Crippen molar-refractivity contribution in [2.45, 2.75) is 33.5 Å². The molecule has 4 atom stereocenters. The minimum Gasteiger partial charge on any atom is -0.267 e. The van der Waals surface area contributed by atoms with Crippen molar-refractivity contribution in [1.82, 2.24) is 0 Å². The molecule has 3 saturated heterocycles. The average molecular weight is 420 g/mol. The van der Waals surface area contributed by atoms with Crippen LogP contribution in [-0.4, -0.2) is 58.7 Å². The van der Waals surface area contributed by atoms with E-state index < -0.39 is 28.6 Å². The third kappa shape index (κ3) is 2.59. The van der Waals surface area contributed by atoms with E-state index in [4.69, 9.17) is 0 Å². The second-order valence-electron chi connectivity index (χ2n) is 5.49. The highest BCUT2D eigenvalue weighted by Crippen LogP contribution is 2.57. The molecule has 0 saturated carbocycles. The van der Waals surface area contributed by atoms with Gasteiger partial charge in [0, 0.05) is 5.25 Å². The lowest BCUT2D eigenvalue weighted by Gasteiger charge is -2.22. The van der Waals surface area contributed by atoms with E-state index in [9.17, 15) is 16.8 Å². The Kier molecular flexibility index (Phi) is 3.81. The molecule has 10 heteroatoms. The van der Waals surface area contributed by atoms with Crippen molar-refractivity contribution in [3.8, 4) is 0 Å². The van der Waals surface area contributed by atoms with Gasteiger partial charge in [-0.2, -0.15) is 0 Å². The SMILES string of the molecule is C[C@@]12SC(=N[C@@H]3CCS(=O)(=O)C3)S[C@H]1CS(=O)(=O)[C@@H]2Br. The van der Waals surface area contributed by atoms with Crippen LogP contribution in [0.2, 0.25) is 0 Å². The Morgan fingerprint density at radius 3 is 2.55 bits per heavy atom.